The number of nitrogens with one attached hydrogen (secondary N) is 2. The van der Waals surface area contributed by atoms with Crippen LogP contribution in [0.5, 0.6) is 0 Å². The summed E-state index contributed by atoms with van der Waals surface area (Å²) in [5.41, 5.74) is 5.47. The van der Waals surface area contributed by atoms with Crippen molar-refractivity contribution >= 4 is 46.4 Å². The molecule has 0 saturated heterocycles. The van der Waals surface area contributed by atoms with Crippen LogP contribution < -0.4 is 10.7 Å². The van der Waals surface area contributed by atoms with Crippen LogP contribution in [0.1, 0.15) is 50.6 Å². The van der Waals surface area contributed by atoms with Crippen LogP contribution >= 0.6 is 23.2 Å². The SMILES string of the molecule is Cc1c(C(=O)Nc2cccnc2)oc2c1/C(=N/NC(=O)c1ccc(Cl)cc1Cl)CCC2. The van der Waals surface area contributed by atoms with Crippen LogP contribution in [-0.2, 0) is 6.42 Å². The average Bonchev–Trinajstić information content (AvgIpc) is 3.10. The van der Waals surface area contributed by atoms with Gasteiger partial charge in [0.25, 0.3) is 11.8 Å². The number of carbonyl (C=O) groups is 2. The Morgan fingerprint density at radius 1 is 1.16 bits per heavy atom. The highest BCUT2D eigenvalue weighted by molar-refractivity contribution is 6.36. The van der Waals surface area contributed by atoms with E-state index < -0.39 is 5.91 Å². The summed E-state index contributed by atoms with van der Waals surface area (Å²) >= 11 is 12.0. The first-order chi connectivity index (χ1) is 14.9. The number of anilines is 1. The maximum atomic E-state index is 12.7. The highest BCUT2D eigenvalue weighted by Gasteiger charge is 2.28. The third-order valence-corrected chi connectivity index (χ3v) is 5.47. The third-order valence-electron chi connectivity index (χ3n) is 4.92. The monoisotopic (exact) mass is 456 g/mol. The molecule has 0 saturated carbocycles. The van der Waals surface area contributed by atoms with E-state index in [-0.39, 0.29) is 22.3 Å². The van der Waals surface area contributed by atoms with Gasteiger partial charge in [0.05, 0.1) is 28.2 Å². The number of pyridine rings is 1. The predicted octanol–water partition coefficient (Wildman–Crippen LogP) is 5.01. The van der Waals surface area contributed by atoms with Gasteiger partial charge in [0, 0.05) is 28.8 Å². The van der Waals surface area contributed by atoms with Gasteiger partial charge in [-0.15, -0.1) is 0 Å². The second kappa shape index (κ2) is 8.91. The van der Waals surface area contributed by atoms with Crippen molar-refractivity contribution in [1.82, 2.24) is 10.4 Å². The van der Waals surface area contributed by atoms with Crippen molar-refractivity contribution in [3.8, 4) is 0 Å². The summed E-state index contributed by atoms with van der Waals surface area (Å²) in [6, 6.07) is 8.10. The van der Waals surface area contributed by atoms with Crippen molar-refractivity contribution in [2.45, 2.75) is 26.2 Å². The van der Waals surface area contributed by atoms with Gasteiger partial charge in [-0.1, -0.05) is 23.2 Å². The van der Waals surface area contributed by atoms with E-state index in [1.54, 1.807) is 37.5 Å². The number of fused-ring (bicyclic) bond motifs is 1. The molecule has 7 nitrogen and oxygen atoms in total. The molecule has 158 valence electrons. The summed E-state index contributed by atoms with van der Waals surface area (Å²) in [6.45, 7) is 1.80. The lowest BCUT2D eigenvalue weighted by atomic mass is 9.93. The van der Waals surface area contributed by atoms with Crippen molar-refractivity contribution in [1.29, 1.82) is 0 Å². The number of halogens is 2. The van der Waals surface area contributed by atoms with Gasteiger partial charge < -0.3 is 9.73 Å². The van der Waals surface area contributed by atoms with Crippen LogP contribution in [0.3, 0.4) is 0 Å². The molecule has 31 heavy (non-hydrogen) atoms. The first kappa shape index (κ1) is 21.1. The predicted molar refractivity (Wildman–Crippen MR) is 119 cm³/mol. The number of hydrazone groups is 1. The van der Waals surface area contributed by atoms with Gasteiger partial charge in [-0.3, -0.25) is 14.6 Å². The van der Waals surface area contributed by atoms with E-state index in [1.807, 2.05) is 0 Å². The number of nitrogens with zero attached hydrogens (tertiary/aromatic N) is 2. The summed E-state index contributed by atoms with van der Waals surface area (Å²) < 4.78 is 5.86. The zero-order valence-electron chi connectivity index (χ0n) is 16.5. The molecule has 2 aromatic heterocycles. The first-order valence-corrected chi connectivity index (χ1v) is 10.4. The van der Waals surface area contributed by atoms with Crippen LogP contribution in [0.15, 0.2) is 52.2 Å². The zero-order valence-corrected chi connectivity index (χ0v) is 18.0. The average molecular weight is 457 g/mol. The summed E-state index contributed by atoms with van der Waals surface area (Å²) in [5.74, 6) is 0.0846. The van der Waals surface area contributed by atoms with Crippen molar-refractivity contribution in [2.24, 2.45) is 5.10 Å². The van der Waals surface area contributed by atoms with Gasteiger partial charge in [-0.05, 0) is 50.1 Å². The van der Waals surface area contributed by atoms with Crippen molar-refractivity contribution in [3.63, 3.8) is 0 Å². The van der Waals surface area contributed by atoms with E-state index in [0.29, 0.717) is 40.6 Å². The minimum Gasteiger partial charge on any atom is -0.455 e. The Balaban J connectivity index is 1.57. The number of furan rings is 1. The maximum absolute atomic E-state index is 12.7. The largest absolute Gasteiger partial charge is 0.455 e. The first-order valence-electron chi connectivity index (χ1n) is 9.60. The molecule has 2 N–H and O–H groups in total. The number of carbonyl (C=O) groups excluding carboxylic acids is 2. The topological polar surface area (TPSA) is 96.6 Å². The smallest absolute Gasteiger partial charge is 0.291 e. The quantitative estimate of drug-likeness (QED) is 0.538. The Kier molecular flexibility index (Phi) is 6.06. The van der Waals surface area contributed by atoms with E-state index >= 15 is 0 Å². The number of hydrogen-bond acceptors (Lipinski definition) is 5. The third kappa shape index (κ3) is 4.47. The molecule has 1 aliphatic rings. The highest BCUT2D eigenvalue weighted by Crippen LogP contribution is 2.30. The van der Waals surface area contributed by atoms with Gasteiger partial charge in [0.1, 0.15) is 5.76 Å². The molecular formula is C22H18Cl2N4O3. The number of hydrogen-bond donors (Lipinski definition) is 2. The summed E-state index contributed by atoms with van der Waals surface area (Å²) in [4.78, 5) is 29.2. The molecule has 0 spiro atoms. The van der Waals surface area contributed by atoms with Gasteiger partial charge in [0.15, 0.2) is 5.76 Å². The summed E-state index contributed by atoms with van der Waals surface area (Å²) in [5, 5.41) is 7.76. The van der Waals surface area contributed by atoms with Gasteiger partial charge >= 0.3 is 0 Å². The molecule has 0 radical (unpaired) electrons. The van der Waals surface area contributed by atoms with Crippen LogP contribution in [0.4, 0.5) is 5.69 Å². The standard InChI is InChI=1S/C22H18Cl2N4O3/c1-12-19-17(27-28-21(29)15-8-7-13(23)10-16(15)24)5-2-6-18(19)31-20(12)22(30)26-14-4-3-9-25-11-14/h3-4,7-11H,2,5-6H2,1H3,(H,26,30)(H,28,29)/b27-17+. The van der Waals surface area contributed by atoms with E-state index in [2.05, 4.69) is 20.8 Å². The maximum Gasteiger partial charge on any atom is 0.291 e. The molecule has 0 bridgehead atoms. The number of rotatable bonds is 4. The van der Waals surface area contributed by atoms with Crippen molar-refractivity contribution in [3.05, 3.63) is 81.0 Å². The van der Waals surface area contributed by atoms with Gasteiger partial charge in [-0.2, -0.15) is 5.10 Å². The Hall–Kier alpha value is -3.16. The van der Waals surface area contributed by atoms with E-state index in [9.17, 15) is 9.59 Å². The summed E-state index contributed by atoms with van der Waals surface area (Å²) in [7, 11) is 0. The lowest BCUT2D eigenvalue weighted by Crippen LogP contribution is -2.22. The molecule has 3 aromatic rings. The summed E-state index contributed by atoms with van der Waals surface area (Å²) in [6.07, 6.45) is 5.30. The zero-order chi connectivity index (χ0) is 22.0. The molecule has 1 aliphatic carbocycles. The van der Waals surface area contributed by atoms with E-state index in [1.165, 1.54) is 12.1 Å². The van der Waals surface area contributed by atoms with Crippen LogP contribution in [0.25, 0.3) is 0 Å². The van der Waals surface area contributed by atoms with E-state index in [4.69, 9.17) is 27.6 Å². The Labute approximate surface area is 188 Å². The molecular weight excluding hydrogens is 439 g/mol. The molecule has 0 unspecified atom stereocenters. The molecule has 2 amide bonds. The van der Waals surface area contributed by atoms with Crippen LogP contribution in [-0.4, -0.2) is 22.5 Å². The molecule has 0 aliphatic heterocycles. The molecule has 4 rings (SSSR count). The van der Waals surface area contributed by atoms with Crippen molar-refractivity contribution < 1.29 is 14.0 Å². The highest BCUT2D eigenvalue weighted by atomic mass is 35.5. The molecule has 9 heteroatoms. The fraction of sp³-hybridized carbons (Fsp3) is 0.182. The molecule has 0 fully saturated rings. The molecule has 0 atom stereocenters. The Bertz CT molecular complexity index is 1190. The number of amides is 2. The second-order valence-corrected chi connectivity index (χ2v) is 7.87. The van der Waals surface area contributed by atoms with Gasteiger partial charge in [0.2, 0.25) is 0 Å². The van der Waals surface area contributed by atoms with E-state index in [0.717, 1.165) is 12.0 Å². The lowest BCUT2D eigenvalue weighted by Gasteiger charge is -2.13. The van der Waals surface area contributed by atoms with Crippen molar-refractivity contribution in [2.75, 3.05) is 5.32 Å². The fourth-order valence-corrected chi connectivity index (χ4v) is 3.97. The van der Waals surface area contributed by atoms with Gasteiger partial charge in [-0.25, -0.2) is 5.43 Å². The lowest BCUT2D eigenvalue weighted by molar-refractivity contribution is 0.0953. The van der Waals surface area contributed by atoms with Crippen LogP contribution in [0.2, 0.25) is 10.0 Å². The Morgan fingerprint density at radius 2 is 2.00 bits per heavy atom. The molecule has 2 heterocycles. The number of aromatic nitrogens is 1. The minimum atomic E-state index is -0.447. The molecule has 1 aromatic carbocycles. The fourth-order valence-electron chi connectivity index (χ4n) is 3.47. The Morgan fingerprint density at radius 3 is 2.74 bits per heavy atom. The normalized spacial score (nSPS) is 14.2. The van der Waals surface area contributed by atoms with Crippen LogP contribution in [0, 0.1) is 6.92 Å². The minimum absolute atomic E-state index is 0.218. The number of benzene rings is 1. The number of aryl methyl sites for hydroxylation is 1. The second-order valence-electron chi connectivity index (χ2n) is 7.03.